The van der Waals surface area contributed by atoms with Gasteiger partial charge < -0.3 is 4.42 Å². The molecule has 1 aliphatic carbocycles. The number of para-hydroxylation sites is 1. The number of hydrogen-bond acceptors (Lipinski definition) is 4. The van der Waals surface area contributed by atoms with Gasteiger partial charge in [-0.2, -0.15) is 0 Å². The van der Waals surface area contributed by atoms with Crippen LogP contribution in [-0.2, 0) is 5.41 Å². The fourth-order valence-corrected chi connectivity index (χ4v) is 9.57. The van der Waals surface area contributed by atoms with Crippen molar-refractivity contribution in [2.75, 3.05) is 0 Å². The van der Waals surface area contributed by atoms with Gasteiger partial charge in [-0.1, -0.05) is 105 Å². The molecule has 6 aromatic carbocycles. The van der Waals surface area contributed by atoms with Gasteiger partial charge >= 0.3 is 0 Å². The second-order valence-electron chi connectivity index (χ2n) is 14.2. The second kappa shape index (κ2) is 10.5. The Labute approximate surface area is 298 Å². The SMILES string of the molecule is CC1(C)c2cc(-c3ccncc3)ccc2-c2ccc(-c3ccc(-c4nc5c(ccc6c7ccccc7sc65)c5oc6ccccc6c45)cc3)cc21. The number of fused-ring (bicyclic) bond motifs is 12. The van der Waals surface area contributed by atoms with Crippen LogP contribution in [0.1, 0.15) is 25.0 Å². The maximum Gasteiger partial charge on any atom is 0.147 e. The van der Waals surface area contributed by atoms with Gasteiger partial charge in [0, 0.05) is 49.6 Å². The molecule has 0 saturated carbocycles. The molecule has 0 bridgehead atoms. The van der Waals surface area contributed by atoms with E-state index in [-0.39, 0.29) is 5.41 Å². The topological polar surface area (TPSA) is 38.9 Å². The minimum Gasteiger partial charge on any atom is -0.455 e. The molecule has 1 aliphatic rings. The van der Waals surface area contributed by atoms with Crippen molar-refractivity contribution in [2.24, 2.45) is 0 Å². The van der Waals surface area contributed by atoms with E-state index >= 15 is 0 Å². The summed E-state index contributed by atoms with van der Waals surface area (Å²) in [4.78, 5) is 9.70. The van der Waals surface area contributed by atoms with Crippen LogP contribution in [0, 0.1) is 0 Å². The van der Waals surface area contributed by atoms with Crippen LogP contribution in [0.2, 0.25) is 0 Å². The quantitative estimate of drug-likeness (QED) is 0.188. The number of thiophene rings is 1. The Morgan fingerprint density at radius 2 is 1.16 bits per heavy atom. The molecule has 0 amide bonds. The zero-order valence-electron chi connectivity index (χ0n) is 28.1. The van der Waals surface area contributed by atoms with Crippen LogP contribution in [0.15, 0.2) is 150 Å². The lowest BCUT2D eigenvalue weighted by Gasteiger charge is -2.22. The van der Waals surface area contributed by atoms with Gasteiger partial charge in [0.2, 0.25) is 0 Å². The first-order chi connectivity index (χ1) is 25.0. The second-order valence-corrected chi connectivity index (χ2v) is 15.2. The Hall–Kier alpha value is -6.10. The molecule has 4 heterocycles. The fourth-order valence-electron chi connectivity index (χ4n) is 8.38. The summed E-state index contributed by atoms with van der Waals surface area (Å²) >= 11 is 1.81. The van der Waals surface area contributed by atoms with Crippen molar-refractivity contribution in [3.63, 3.8) is 0 Å². The highest BCUT2D eigenvalue weighted by Gasteiger charge is 2.36. The third-order valence-electron chi connectivity index (χ3n) is 11.0. The third kappa shape index (κ3) is 4.11. The summed E-state index contributed by atoms with van der Waals surface area (Å²) in [7, 11) is 0. The summed E-state index contributed by atoms with van der Waals surface area (Å²) in [5, 5.41) is 5.71. The van der Waals surface area contributed by atoms with Crippen molar-refractivity contribution in [1.29, 1.82) is 0 Å². The van der Waals surface area contributed by atoms with Crippen LogP contribution >= 0.6 is 11.3 Å². The van der Waals surface area contributed by atoms with E-state index in [1.165, 1.54) is 64.7 Å². The van der Waals surface area contributed by atoms with Gasteiger partial charge in [0.05, 0.1) is 21.3 Å². The highest BCUT2D eigenvalue weighted by Crippen LogP contribution is 2.51. The van der Waals surface area contributed by atoms with E-state index in [1.807, 2.05) is 29.8 Å². The monoisotopic (exact) mass is 670 g/mol. The largest absolute Gasteiger partial charge is 0.455 e. The van der Waals surface area contributed by atoms with Gasteiger partial charge in [-0.25, -0.2) is 4.98 Å². The summed E-state index contributed by atoms with van der Waals surface area (Å²) in [6, 6.07) is 48.3. The number of benzene rings is 6. The Bertz CT molecular complexity index is 3040. The molecule has 0 N–H and O–H groups in total. The smallest absolute Gasteiger partial charge is 0.147 e. The number of pyridine rings is 2. The van der Waals surface area contributed by atoms with Crippen LogP contribution in [0.25, 0.3) is 97.7 Å². The molecule has 10 aromatic rings. The first kappa shape index (κ1) is 28.7. The van der Waals surface area contributed by atoms with Crippen LogP contribution < -0.4 is 0 Å². The van der Waals surface area contributed by atoms with Crippen molar-refractivity contribution in [1.82, 2.24) is 9.97 Å². The van der Waals surface area contributed by atoms with Crippen LogP contribution in [0.4, 0.5) is 0 Å². The number of furan rings is 1. The fraction of sp³-hybridized carbons (Fsp3) is 0.0638. The lowest BCUT2D eigenvalue weighted by Crippen LogP contribution is -2.15. The van der Waals surface area contributed by atoms with Gasteiger partial charge in [0.15, 0.2) is 0 Å². The predicted molar refractivity (Wildman–Crippen MR) is 214 cm³/mol. The van der Waals surface area contributed by atoms with Crippen LogP contribution in [-0.4, -0.2) is 9.97 Å². The molecule has 51 heavy (non-hydrogen) atoms. The number of aromatic nitrogens is 2. The number of rotatable bonds is 3. The normalized spacial score (nSPS) is 13.5. The van der Waals surface area contributed by atoms with E-state index in [1.54, 1.807) is 0 Å². The van der Waals surface area contributed by atoms with E-state index in [0.717, 1.165) is 44.1 Å². The predicted octanol–water partition coefficient (Wildman–Crippen LogP) is 13.2. The molecular formula is C47H30N2OS. The molecule has 0 atom stereocenters. The summed E-state index contributed by atoms with van der Waals surface area (Å²) in [5.74, 6) is 0. The highest BCUT2D eigenvalue weighted by atomic mass is 32.1. The van der Waals surface area contributed by atoms with E-state index in [4.69, 9.17) is 9.40 Å². The lowest BCUT2D eigenvalue weighted by molar-refractivity contribution is 0.661. The third-order valence-corrected chi connectivity index (χ3v) is 12.2. The zero-order valence-corrected chi connectivity index (χ0v) is 28.9. The molecule has 0 fully saturated rings. The Morgan fingerprint density at radius 1 is 0.549 bits per heavy atom. The first-order valence-electron chi connectivity index (χ1n) is 17.4. The van der Waals surface area contributed by atoms with Crippen molar-refractivity contribution in [2.45, 2.75) is 19.3 Å². The molecule has 3 nitrogen and oxygen atoms in total. The van der Waals surface area contributed by atoms with Gasteiger partial charge in [-0.15, -0.1) is 11.3 Å². The Kier molecular flexibility index (Phi) is 5.89. The van der Waals surface area contributed by atoms with E-state index in [9.17, 15) is 0 Å². The molecule has 11 rings (SSSR count). The summed E-state index contributed by atoms with van der Waals surface area (Å²) in [6.07, 6.45) is 3.72. The maximum atomic E-state index is 6.63. The molecule has 0 unspecified atom stereocenters. The molecule has 4 heteroatoms. The molecule has 4 aromatic heterocycles. The summed E-state index contributed by atoms with van der Waals surface area (Å²) in [5.41, 5.74) is 14.9. The summed E-state index contributed by atoms with van der Waals surface area (Å²) < 4.78 is 9.10. The van der Waals surface area contributed by atoms with E-state index in [2.05, 4.69) is 146 Å². The minimum atomic E-state index is -0.120. The average Bonchev–Trinajstić information content (AvgIpc) is 3.83. The van der Waals surface area contributed by atoms with Gasteiger partial charge in [0.1, 0.15) is 11.2 Å². The van der Waals surface area contributed by atoms with Crippen molar-refractivity contribution < 1.29 is 4.42 Å². The lowest BCUT2D eigenvalue weighted by atomic mass is 9.81. The number of nitrogens with zero attached hydrogens (tertiary/aromatic N) is 2. The highest BCUT2D eigenvalue weighted by molar-refractivity contribution is 7.26. The summed E-state index contributed by atoms with van der Waals surface area (Å²) in [6.45, 7) is 4.70. The molecule has 0 radical (unpaired) electrons. The molecule has 240 valence electrons. The molecule has 0 aliphatic heterocycles. The maximum absolute atomic E-state index is 6.63. The minimum absolute atomic E-state index is 0.120. The first-order valence-corrected chi connectivity index (χ1v) is 18.2. The van der Waals surface area contributed by atoms with Crippen molar-refractivity contribution in [3.8, 4) is 44.6 Å². The Morgan fingerprint density at radius 3 is 1.90 bits per heavy atom. The van der Waals surface area contributed by atoms with E-state index < -0.39 is 0 Å². The van der Waals surface area contributed by atoms with Crippen LogP contribution in [0.5, 0.6) is 0 Å². The standard InChI is InChI=1S/C47H30N2OS/c1-47(2)38-25-30(15-17-32(38)33-18-16-31(26-39(33)47)28-21-23-48-24-22-28)27-11-13-29(14-12-27)43-42-36-8-3-5-9-40(36)50-45(42)37-20-19-35-34-7-4-6-10-41(34)51-46(35)44(37)49-43/h3-26H,1-2H3. The number of hydrogen-bond donors (Lipinski definition) is 0. The van der Waals surface area contributed by atoms with Gasteiger partial charge in [-0.3, -0.25) is 4.98 Å². The van der Waals surface area contributed by atoms with Gasteiger partial charge in [0.25, 0.3) is 0 Å². The Balaban J connectivity index is 1.04. The van der Waals surface area contributed by atoms with Gasteiger partial charge in [-0.05, 0) is 87.0 Å². The van der Waals surface area contributed by atoms with E-state index in [0.29, 0.717) is 0 Å². The molecule has 0 spiro atoms. The molecular weight excluding hydrogens is 641 g/mol. The van der Waals surface area contributed by atoms with Crippen molar-refractivity contribution in [3.05, 3.63) is 157 Å². The van der Waals surface area contributed by atoms with Crippen LogP contribution in [0.3, 0.4) is 0 Å². The molecule has 0 saturated heterocycles. The zero-order chi connectivity index (χ0) is 33.8. The van der Waals surface area contributed by atoms with Crippen molar-refractivity contribution >= 4 is 64.4 Å². The average molecular weight is 671 g/mol.